The van der Waals surface area contributed by atoms with Gasteiger partial charge in [-0.25, -0.2) is 4.79 Å². The summed E-state index contributed by atoms with van der Waals surface area (Å²) in [7, 11) is 3.12. The van der Waals surface area contributed by atoms with Crippen LogP contribution in [0.2, 0.25) is 0 Å². The van der Waals surface area contributed by atoms with E-state index in [0.717, 1.165) is 0 Å². The number of carboxylic acid groups (broad SMARTS) is 1. The largest absolute Gasteiger partial charge is 0.495 e. The monoisotopic (exact) mass is 367 g/mol. The Morgan fingerprint density at radius 3 is 2.59 bits per heavy atom. The lowest BCUT2D eigenvalue weighted by molar-refractivity contribution is -0.114. The second-order valence-corrected chi connectivity index (χ2v) is 5.38. The first-order valence-electron chi connectivity index (χ1n) is 6.27. The fourth-order valence-electron chi connectivity index (χ4n) is 2.08. The van der Waals surface area contributed by atoms with E-state index in [9.17, 15) is 9.59 Å². The number of amides is 1. The minimum atomic E-state index is -1.12. The molecule has 0 aliphatic heterocycles. The first-order chi connectivity index (χ1) is 10.3. The fourth-order valence-corrected chi connectivity index (χ4v) is 2.62. The number of methoxy groups -OCH3 is 1. The van der Waals surface area contributed by atoms with Gasteiger partial charge in [0.15, 0.2) is 5.69 Å². The van der Waals surface area contributed by atoms with Crippen LogP contribution in [-0.4, -0.2) is 33.9 Å². The van der Waals surface area contributed by atoms with Crippen LogP contribution < -0.4 is 10.1 Å². The van der Waals surface area contributed by atoms with Crippen molar-refractivity contribution in [3.63, 3.8) is 0 Å². The molecule has 0 saturated carbocycles. The summed E-state index contributed by atoms with van der Waals surface area (Å²) in [5, 5.41) is 15.7. The summed E-state index contributed by atoms with van der Waals surface area (Å²) in [4.78, 5) is 22.6. The van der Waals surface area contributed by atoms with Crippen molar-refractivity contribution in [3.05, 3.63) is 28.4 Å². The molecule has 2 aromatic rings. The van der Waals surface area contributed by atoms with Crippen LogP contribution in [0, 0.1) is 0 Å². The number of rotatable bonds is 4. The molecule has 0 atom stereocenters. The molecule has 0 saturated heterocycles. The molecule has 0 bridgehead atoms. The Labute approximate surface area is 135 Å². The van der Waals surface area contributed by atoms with Crippen molar-refractivity contribution in [2.75, 3.05) is 12.4 Å². The number of halogens is 1. The molecule has 0 spiro atoms. The van der Waals surface area contributed by atoms with Gasteiger partial charge in [-0.15, -0.1) is 0 Å². The Morgan fingerprint density at radius 1 is 1.41 bits per heavy atom. The van der Waals surface area contributed by atoms with E-state index >= 15 is 0 Å². The second-order valence-electron chi connectivity index (χ2n) is 4.52. The van der Waals surface area contributed by atoms with Gasteiger partial charge in [-0.2, -0.15) is 5.10 Å². The van der Waals surface area contributed by atoms with Crippen molar-refractivity contribution in [3.8, 4) is 17.0 Å². The smallest absolute Gasteiger partial charge is 0.356 e. The van der Waals surface area contributed by atoms with E-state index in [4.69, 9.17) is 9.84 Å². The molecule has 1 heterocycles. The molecule has 7 nitrogen and oxygen atoms in total. The average Bonchev–Trinajstić information content (AvgIpc) is 2.81. The van der Waals surface area contributed by atoms with E-state index in [1.807, 2.05) is 0 Å². The van der Waals surface area contributed by atoms with E-state index in [0.29, 0.717) is 27.2 Å². The Balaban J connectivity index is 2.73. The highest BCUT2D eigenvalue weighted by atomic mass is 79.9. The second kappa shape index (κ2) is 6.18. The molecule has 116 valence electrons. The number of hydrogen-bond donors (Lipinski definition) is 2. The van der Waals surface area contributed by atoms with Crippen LogP contribution in [0.3, 0.4) is 0 Å². The first-order valence-corrected chi connectivity index (χ1v) is 7.06. The topological polar surface area (TPSA) is 93.4 Å². The predicted molar refractivity (Wildman–Crippen MR) is 84.2 cm³/mol. The molecule has 0 aliphatic carbocycles. The third kappa shape index (κ3) is 2.96. The Bertz CT molecular complexity index is 755. The number of nitrogens with one attached hydrogen (secondary N) is 1. The van der Waals surface area contributed by atoms with Crippen LogP contribution in [0.1, 0.15) is 17.4 Å². The van der Waals surface area contributed by atoms with E-state index in [1.165, 1.54) is 24.8 Å². The van der Waals surface area contributed by atoms with Gasteiger partial charge in [-0.1, -0.05) is 15.9 Å². The number of aryl methyl sites for hydroxylation is 1. The highest BCUT2D eigenvalue weighted by molar-refractivity contribution is 9.10. The molecule has 1 aromatic carbocycles. The van der Waals surface area contributed by atoms with Gasteiger partial charge in [0.25, 0.3) is 0 Å². The highest BCUT2D eigenvalue weighted by Crippen LogP contribution is 2.41. The van der Waals surface area contributed by atoms with Crippen molar-refractivity contribution >= 4 is 33.5 Å². The number of aromatic nitrogens is 2. The lowest BCUT2D eigenvalue weighted by atomic mass is 10.1. The molecule has 8 heteroatoms. The third-order valence-corrected chi connectivity index (χ3v) is 3.65. The van der Waals surface area contributed by atoms with Gasteiger partial charge in [-0.05, 0) is 18.2 Å². The van der Waals surface area contributed by atoms with Gasteiger partial charge >= 0.3 is 5.97 Å². The zero-order valence-electron chi connectivity index (χ0n) is 12.2. The van der Waals surface area contributed by atoms with Gasteiger partial charge < -0.3 is 15.2 Å². The number of carboxylic acids is 1. The summed E-state index contributed by atoms with van der Waals surface area (Å²) in [5.41, 5.74) is 1.49. The maximum Gasteiger partial charge on any atom is 0.356 e. The van der Waals surface area contributed by atoms with Crippen LogP contribution >= 0.6 is 15.9 Å². The quantitative estimate of drug-likeness (QED) is 0.865. The third-order valence-electron chi connectivity index (χ3n) is 2.99. The maximum absolute atomic E-state index is 11.5. The molecule has 1 aromatic heterocycles. The van der Waals surface area contributed by atoms with Crippen LogP contribution in [0.4, 0.5) is 5.69 Å². The summed E-state index contributed by atoms with van der Waals surface area (Å²) >= 11 is 3.42. The summed E-state index contributed by atoms with van der Waals surface area (Å²) < 4.78 is 7.39. The van der Waals surface area contributed by atoms with Gasteiger partial charge in [0.05, 0.1) is 18.5 Å². The first kappa shape index (κ1) is 16.0. The minimum Gasteiger partial charge on any atom is -0.495 e. The molecule has 0 radical (unpaired) electrons. The molecule has 0 unspecified atom stereocenters. The lowest BCUT2D eigenvalue weighted by Gasteiger charge is -2.16. The molecule has 0 aliphatic rings. The Kier molecular flexibility index (Phi) is 4.51. The average molecular weight is 368 g/mol. The van der Waals surface area contributed by atoms with Crippen LogP contribution in [0.5, 0.6) is 5.75 Å². The van der Waals surface area contributed by atoms with Crippen LogP contribution in [0.25, 0.3) is 11.3 Å². The summed E-state index contributed by atoms with van der Waals surface area (Å²) in [6, 6.07) is 4.90. The summed E-state index contributed by atoms with van der Waals surface area (Å²) in [6.45, 7) is 1.38. The van der Waals surface area contributed by atoms with Crippen molar-refractivity contribution in [1.82, 2.24) is 9.78 Å². The molecule has 1 amide bonds. The summed E-state index contributed by atoms with van der Waals surface area (Å²) in [5.74, 6) is -0.924. The number of aromatic carboxylic acids is 1. The number of carbonyl (C=O) groups excluding carboxylic acids is 1. The standard InChI is InChI=1S/C14H14BrN3O4/c1-7(19)16-13-11(22-3)5-4-8(15)12(13)10-6-9(14(20)21)17-18(10)2/h4-6H,1-3H3,(H,16,19)(H,20,21). The molecule has 0 fully saturated rings. The molecule has 2 rings (SSSR count). The SMILES string of the molecule is COc1ccc(Br)c(-c2cc(C(=O)O)nn2C)c1NC(C)=O. The number of benzene rings is 1. The van der Waals surface area contributed by atoms with Gasteiger partial charge in [0.2, 0.25) is 5.91 Å². The maximum atomic E-state index is 11.5. The normalized spacial score (nSPS) is 10.4. The van der Waals surface area contributed by atoms with Crippen molar-refractivity contribution in [2.24, 2.45) is 7.05 Å². The van der Waals surface area contributed by atoms with E-state index in [2.05, 4.69) is 26.3 Å². The number of nitrogens with zero attached hydrogens (tertiary/aromatic N) is 2. The Morgan fingerprint density at radius 2 is 2.09 bits per heavy atom. The molecule has 22 heavy (non-hydrogen) atoms. The molecular formula is C14H14BrN3O4. The number of ether oxygens (including phenoxy) is 1. The zero-order chi connectivity index (χ0) is 16.4. The number of carbonyl (C=O) groups is 2. The highest BCUT2D eigenvalue weighted by Gasteiger charge is 2.21. The minimum absolute atomic E-state index is 0.0824. The fraction of sp³-hybridized carbons (Fsp3) is 0.214. The van der Waals surface area contributed by atoms with Gasteiger partial charge in [-0.3, -0.25) is 9.48 Å². The van der Waals surface area contributed by atoms with Gasteiger partial charge in [0, 0.05) is 24.0 Å². The van der Waals surface area contributed by atoms with Crippen molar-refractivity contribution < 1.29 is 19.4 Å². The van der Waals surface area contributed by atoms with Crippen molar-refractivity contribution in [1.29, 1.82) is 0 Å². The van der Waals surface area contributed by atoms with E-state index in [1.54, 1.807) is 19.2 Å². The number of anilines is 1. The van der Waals surface area contributed by atoms with E-state index < -0.39 is 5.97 Å². The number of hydrogen-bond acceptors (Lipinski definition) is 4. The lowest BCUT2D eigenvalue weighted by Crippen LogP contribution is -2.09. The molecular weight excluding hydrogens is 354 g/mol. The Hall–Kier alpha value is -2.35. The predicted octanol–water partition coefficient (Wildman–Crippen LogP) is 2.51. The van der Waals surface area contributed by atoms with Crippen LogP contribution in [0.15, 0.2) is 22.7 Å². The zero-order valence-corrected chi connectivity index (χ0v) is 13.8. The molecule has 2 N–H and O–H groups in total. The van der Waals surface area contributed by atoms with Crippen LogP contribution in [-0.2, 0) is 11.8 Å². The van der Waals surface area contributed by atoms with E-state index in [-0.39, 0.29) is 11.6 Å². The van der Waals surface area contributed by atoms with Crippen molar-refractivity contribution in [2.45, 2.75) is 6.92 Å². The summed E-state index contributed by atoms with van der Waals surface area (Å²) in [6.07, 6.45) is 0. The van der Waals surface area contributed by atoms with Gasteiger partial charge in [0.1, 0.15) is 5.75 Å².